The minimum atomic E-state index is -0.631. The number of aromatic nitrogens is 3. The van der Waals surface area contributed by atoms with E-state index in [0.29, 0.717) is 12.2 Å². The predicted molar refractivity (Wildman–Crippen MR) is 73.6 cm³/mol. The van der Waals surface area contributed by atoms with Gasteiger partial charge in [0.05, 0.1) is 5.52 Å². The van der Waals surface area contributed by atoms with Gasteiger partial charge < -0.3 is 9.67 Å². The van der Waals surface area contributed by atoms with Crippen molar-refractivity contribution >= 4 is 10.9 Å². The Hall–Kier alpha value is -2.20. The Kier molecular flexibility index (Phi) is 3.01. The van der Waals surface area contributed by atoms with Gasteiger partial charge in [-0.15, -0.1) is 0 Å². The number of hydrogen-bond donors (Lipinski definition) is 1. The molecule has 0 aliphatic rings. The van der Waals surface area contributed by atoms with E-state index in [2.05, 4.69) is 9.97 Å². The zero-order chi connectivity index (χ0) is 13.2. The SMILES string of the molecule is Cn1ccnc1C(O)Cc1ccc2ccccc2n1. The van der Waals surface area contributed by atoms with Gasteiger partial charge in [-0.3, -0.25) is 4.98 Å². The van der Waals surface area contributed by atoms with E-state index in [-0.39, 0.29) is 0 Å². The highest BCUT2D eigenvalue weighted by atomic mass is 16.3. The van der Waals surface area contributed by atoms with Gasteiger partial charge in [0, 0.05) is 36.9 Å². The standard InChI is InChI=1S/C15H15N3O/c1-18-9-8-16-15(18)14(19)10-12-7-6-11-4-2-3-5-13(11)17-12/h2-9,14,19H,10H2,1H3. The highest BCUT2D eigenvalue weighted by molar-refractivity contribution is 5.78. The van der Waals surface area contributed by atoms with Crippen molar-refractivity contribution in [3.05, 3.63) is 60.3 Å². The van der Waals surface area contributed by atoms with E-state index < -0.39 is 6.10 Å². The van der Waals surface area contributed by atoms with Gasteiger partial charge in [0.15, 0.2) is 0 Å². The van der Waals surface area contributed by atoms with Crippen molar-refractivity contribution in [3.8, 4) is 0 Å². The van der Waals surface area contributed by atoms with E-state index in [1.807, 2.05) is 54.2 Å². The summed E-state index contributed by atoms with van der Waals surface area (Å²) < 4.78 is 1.83. The van der Waals surface area contributed by atoms with Crippen molar-refractivity contribution in [1.82, 2.24) is 14.5 Å². The summed E-state index contributed by atoms with van der Waals surface area (Å²) >= 11 is 0. The summed E-state index contributed by atoms with van der Waals surface area (Å²) in [6.07, 6.45) is 3.35. The van der Waals surface area contributed by atoms with Crippen molar-refractivity contribution in [3.63, 3.8) is 0 Å². The number of aryl methyl sites for hydroxylation is 1. The van der Waals surface area contributed by atoms with Crippen LogP contribution in [0.1, 0.15) is 17.6 Å². The van der Waals surface area contributed by atoms with Crippen LogP contribution < -0.4 is 0 Å². The van der Waals surface area contributed by atoms with Crippen LogP contribution in [0.3, 0.4) is 0 Å². The lowest BCUT2D eigenvalue weighted by molar-refractivity contribution is 0.164. The van der Waals surface area contributed by atoms with E-state index in [1.54, 1.807) is 6.20 Å². The second-order valence-electron chi connectivity index (χ2n) is 4.61. The second kappa shape index (κ2) is 4.82. The maximum absolute atomic E-state index is 10.2. The third-order valence-electron chi connectivity index (χ3n) is 3.22. The maximum Gasteiger partial charge on any atom is 0.137 e. The summed E-state index contributed by atoms with van der Waals surface area (Å²) in [5.41, 5.74) is 1.82. The number of benzene rings is 1. The summed E-state index contributed by atoms with van der Waals surface area (Å²) in [4.78, 5) is 8.72. The molecule has 0 fully saturated rings. The number of pyridine rings is 1. The molecule has 96 valence electrons. The van der Waals surface area contributed by atoms with Gasteiger partial charge in [0.1, 0.15) is 11.9 Å². The molecule has 0 radical (unpaired) electrons. The van der Waals surface area contributed by atoms with Gasteiger partial charge in [0.2, 0.25) is 0 Å². The molecule has 2 heterocycles. The van der Waals surface area contributed by atoms with E-state index in [9.17, 15) is 5.11 Å². The first-order valence-electron chi connectivity index (χ1n) is 6.24. The zero-order valence-corrected chi connectivity index (χ0v) is 10.7. The highest BCUT2D eigenvalue weighted by Gasteiger charge is 2.13. The van der Waals surface area contributed by atoms with Gasteiger partial charge in [-0.05, 0) is 12.1 Å². The first-order chi connectivity index (χ1) is 9.24. The number of nitrogens with zero attached hydrogens (tertiary/aromatic N) is 3. The van der Waals surface area contributed by atoms with Crippen LogP contribution in [-0.2, 0) is 13.5 Å². The third kappa shape index (κ3) is 2.35. The predicted octanol–water partition coefficient (Wildman–Crippen LogP) is 2.24. The molecule has 3 rings (SSSR count). The highest BCUT2D eigenvalue weighted by Crippen LogP contribution is 2.18. The normalized spacial score (nSPS) is 12.7. The fraction of sp³-hybridized carbons (Fsp3) is 0.200. The molecule has 1 aromatic carbocycles. The molecule has 0 saturated heterocycles. The Bertz CT molecular complexity index is 705. The molecule has 2 aromatic heterocycles. The molecule has 0 saturated carbocycles. The molecule has 0 bridgehead atoms. The Morgan fingerprint density at radius 3 is 2.84 bits per heavy atom. The zero-order valence-electron chi connectivity index (χ0n) is 10.7. The molecule has 0 amide bonds. The van der Waals surface area contributed by atoms with Crippen LogP contribution in [0.4, 0.5) is 0 Å². The Morgan fingerprint density at radius 2 is 2.05 bits per heavy atom. The lowest BCUT2D eigenvalue weighted by Crippen LogP contribution is -2.09. The van der Waals surface area contributed by atoms with Crippen molar-refractivity contribution in [2.45, 2.75) is 12.5 Å². The molecule has 3 aromatic rings. The minimum Gasteiger partial charge on any atom is -0.385 e. The van der Waals surface area contributed by atoms with Crippen LogP contribution in [0, 0.1) is 0 Å². The smallest absolute Gasteiger partial charge is 0.137 e. The van der Waals surface area contributed by atoms with Crippen LogP contribution in [0.2, 0.25) is 0 Å². The van der Waals surface area contributed by atoms with Gasteiger partial charge in [-0.25, -0.2) is 4.98 Å². The average molecular weight is 253 g/mol. The number of rotatable bonds is 3. The molecule has 1 N–H and O–H groups in total. The van der Waals surface area contributed by atoms with Crippen molar-refractivity contribution in [2.75, 3.05) is 0 Å². The van der Waals surface area contributed by atoms with E-state index in [1.165, 1.54) is 0 Å². The van der Waals surface area contributed by atoms with Crippen LogP contribution in [-0.4, -0.2) is 19.6 Å². The van der Waals surface area contributed by atoms with E-state index in [4.69, 9.17) is 0 Å². The number of aliphatic hydroxyl groups excluding tert-OH is 1. The van der Waals surface area contributed by atoms with Crippen molar-refractivity contribution in [1.29, 1.82) is 0 Å². The van der Waals surface area contributed by atoms with Crippen molar-refractivity contribution < 1.29 is 5.11 Å². The lowest BCUT2D eigenvalue weighted by atomic mass is 10.1. The molecule has 1 unspecified atom stereocenters. The minimum absolute atomic E-state index is 0.468. The Morgan fingerprint density at radius 1 is 1.21 bits per heavy atom. The number of para-hydroxylation sites is 1. The quantitative estimate of drug-likeness (QED) is 0.779. The molecule has 4 heteroatoms. The molecule has 4 nitrogen and oxygen atoms in total. The molecule has 0 spiro atoms. The molecule has 19 heavy (non-hydrogen) atoms. The van der Waals surface area contributed by atoms with E-state index in [0.717, 1.165) is 16.6 Å². The summed E-state index contributed by atoms with van der Waals surface area (Å²) in [6.45, 7) is 0. The summed E-state index contributed by atoms with van der Waals surface area (Å²) in [6, 6.07) is 11.9. The summed E-state index contributed by atoms with van der Waals surface area (Å²) in [5, 5.41) is 11.3. The molecular formula is C15H15N3O. The fourth-order valence-corrected chi connectivity index (χ4v) is 2.21. The second-order valence-corrected chi connectivity index (χ2v) is 4.61. The molecule has 0 aliphatic heterocycles. The fourth-order valence-electron chi connectivity index (χ4n) is 2.21. The average Bonchev–Trinajstić information content (AvgIpc) is 2.85. The molecule has 0 aliphatic carbocycles. The monoisotopic (exact) mass is 253 g/mol. The van der Waals surface area contributed by atoms with Crippen molar-refractivity contribution in [2.24, 2.45) is 7.05 Å². The number of imidazole rings is 1. The summed E-state index contributed by atoms with van der Waals surface area (Å²) in [7, 11) is 1.87. The first-order valence-corrected chi connectivity index (χ1v) is 6.24. The maximum atomic E-state index is 10.2. The Labute approximate surface area is 111 Å². The van der Waals surface area contributed by atoms with Crippen LogP contribution in [0.25, 0.3) is 10.9 Å². The van der Waals surface area contributed by atoms with Gasteiger partial charge in [-0.1, -0.05) is 24.3 Å². The third-order valence-corrected chi connectivity index (χ3v) is 3.22. The number of fused-ring (bicyclic) bond motifs is 1. The topological polar surface area (TPSA) is 50.9 Å². The Balaban J connectivity index is 1.87. The largest absolute Gasteiger partial charge is 0.385 e. The van der Waals surface area contributed by atoms with Crippen LogP contribution in [0.15, 0.2) is 48.8 Å². The van der Waals surface area contributed by atoms with Gasteiger partial charge in [-0.2, -0.15) is 0 Å². The number of aliphatic hydroxyl groups is 1. The molecular weight excluding hydrogens is 238 g/mol. The van der Waals surface area contributed by atoms with Gasteiger partial charge >= 0.3 is 0 Å². The number of hydrogen-bond acceptors (Lipinski definition) is 3. The molecule has 1 atom stereocenters. The van der Waals surface area contributed by atoms with E-state index >= 15 is 0 Å². The van der Waals surface area contributed by atoms with Crippen LogP contribution >= 0.6 is 0 Å². The summed E-state index contributed by atoms with van der Waals surface area (Å²) in [5.74, 6) is 0.662. The first kappa shape index (κ1) is 11.9. The van der Waals surface area contributed by atoms with Gasteiger partial charge in [0.25, 0.3) is 0 Å². The van der Waals surface area contributed by atoms with Crippen LogP contribution in [0.5, 0.6) is 0 Å². The lowest BCUT2D eigenvalue weighted by Gasteiger charge is -2.10.